The summed E-state index contributed by atoms with van der Waals surface area (Å²) in [5, 5.41) is 0. The minimum absolute atomic E-state index is 0.0589. The van der Waals surface area contributed by atoms with E-state index in [1.807, 2.05) is 12.1 Å². The maximum Gasteiger partial charge on any atom is 0.140 e. The molecule has 1 fully saturated rings. The van der Waals surface area contributed by atoms with Crippen molar-refractivity contribution in [3.8, 4) is 5.75 Å². The Morgan fingerprint density at radius 2 is 2.12 bits per heavy atom. The maximum absolute atomic E-state index is 11.9. The van der Waals surface area contributed by atoms with Crippen molar-refractivity contribution in [3.05, 3.63) is 29.3 Å². The average Bonchev–Trinajstić information content (AvgIpc) is 2.29. The monoisotopic (exact) mass is 218 g/mol. The van der Waals surface area contributed by atoms with Crippen molar-refractivity contribution in [2.24, 2.45) is 0 Å². The van der Waals surface area contributed by atoms with Crippen molar-refractivity contribution in [1.29, 1.82) is 0 Å². The number of methoxy groups -OCH3 is 1. The van der Waals surface area contributed by atoms with Gasteiger partial charge in [0.05, 0.1) is 7.11 Å². The number of ether oxygens (including phenoxy) is 1. The first-order chi connectivity index (χ1) is 7.72. The largest absolute Gasteiger partial charge is 0.496 e. The van der Waals surface area contributed by atoms with Crippen LogP contribution in [0, 0.1) is 6.92 Å². The molecular weight excluding hydrogens is 200 g/mol. The lowest BCUT2D eigenvalue weighted by molar-refractivity contribution is -0.121. The molecule has 0 spiro atoms. The Morgan fingerprint density at radius 3 is 2.81 bits per heavy atom. The van der Waals surface area contributed by atoms with E-state index in [1.165, 1.54) is 5.56 Å². The zero-order chi connectivity index (χ0) is 11.5. The fourth-order valence-electron chi connectivity index (χ4n) is 2.44. The highest BCUT2D eigenvalue weighted by molar-refractivity contribution is 5.87. The molecule has 1 atom stereocenters. The summed E-state index contributed by atoms with van der Waals surface area (Å²) in [5.41, 5.74) is 2.27. The summed E-state index contributed by atoms with van der Waals surface area (Å²) in [7, 11) is 1.67. The number of hydrogen-bond donors (Lipinski definition) is 0. The van der Waals surface area contributed by atoms with E-state index < -0.39 is 0 Å². The number of carbonyl (C=O) groups excluding carboxylic acids is 1. The van der Waals surface area contributed by atoms with Crippen LogP contribution >= 0.6 is 0 Å². The van der Waals surface area contributed by atoms with Gasteiger partial charge in [-0.15, -0.1) is 0 Å². The van der Waals surface area contributed by atoms with Crippen LogP contribution in [-0.2, 0) is 4.79 Å². The molecule has 2 nitrogen and oxygen atoms in total. The minimum Gasteiger partial charge on any atom is -0.496 e. The molecule has 0 N–H and O–H groups in total. The number of aryl methyl sites for hydroxylation is 1. The molecule has 2 rings (SSSR count). The number of benzene rings is 1. The topological polar surface area (TPSA) is 26.3 Å². The van der Waals surface area contributed by atoms with E-state index in [9.17, 15) is 4.79 Å². The molecule has 0 aliphatic heterocycles. The quantitative estimate of drug-likeness (QED) is 0.761. The molecule has 2 heteroatoms. The van der Waals surface area contributed by atoms with Crippen molar-refractivity contribution < 1.29 is 9.53 Å². The third-order valence-corrected chi connectivity index (χ3v) is 3.32. The zero-order valence-corrected chi connectivity index (χ0v) is 9.95. The lowest BCUT2D eigenvalue weighted by atomic mass is 9.82. The standard InChI is InChI=1S/C14H18O2/c1-10-7-8-14(16-2)12(9-10)11-5-3-4-6-13(11)15/h7-9,11H,3-6H2,1-2H3. The van der Waals surface area contributed by atoms with Crippen LogP contribution in [-0.4, -0.2) is 12.9 Å². The lowest BCUT2D eigenvalue weighted by Crippen LogP contribution is -2.17. The molecule has 0 bridgehead atoms. The second-order valence-electron chi connectivity index (χ2n) is 4.51. The molecule has 0 saturated heterocycles. The highest BCUT2D eigenvalue weighted by Gasteiger charge is 2.26. The molecule has 0 heterocycles. The predicted octanol–water partition coefficient (Wildman–Crippen LogP) is 3.23. The summed E-state index contributed by atoms with van der Waals surface area (Å²) < 4.78 is 5.35. The van der Waals surface area contributed by atoms with Crippen LogP contribution in [0.2, 0.25) is 0 Å². The molecule has 1 saturated carbocycles. The van der Waals surface area contributed by atoms with Crippen LogP contribution in [0.1, 0.15) is 42.7 Å². The van der Waals surface area contributed by atoms with Gasteiger partial charge in [-0.3, -0.25) is 4.79 Å². The molecule has 16 heavy (non-hydrogen) atoms. The van der Waals surface area contributed by atoms with Crippen molar-refractivity contribution in [3.63, 3.8) is 0 Å². The van der Waals surface area contributed by atoms with Crippen molar-refractivity contribution in [2.45, 2.75) is 38.5 Å². The molecule has 1 aromatic rings. The van der Waals surface area contributed by atoms with Crippen LogP contribution < -0.4 is 4.74 Å². The molecule has 1 aliphatic carbocycles. The van der Waals surface area contributed by atoms with Crippen LogP contribution in [0.3, 0.4) is 0 Å². The first-order valence-corrected chi connectivity index (χ1v) is 5.89. The van der Waals surface area contributed by atoms with Crippen LogP contribution in [0.25, 0.3) is 0 Å². The Hall–Kier alpha value is -1.31. The normalized spacial score (nSPS) is 20.9. The van der Waals surface area contributed by atoms with Crippen LogP contribution in [0.15, 0.2) is 18.2 Å². The maximum atomic E-state index is 11.9. The smallest absolute Gasteiger partial charge is 0.140 e. The van der Waals surface area contributed by atoms with Gasteiger partial charge in [-0.05, 0) is 25.8 Å². The summed E-state index contributed by atoms with van der Waals surface area (Å²) >= 11 is 0. The summed E-state index contributed by atoms with van der Waals surface area (Å²) in [6.07, 6.45) is 3.89. The number of carbonyl (C=O) groups is 1. The molecule has 0 aromatic heterocycles. The van der Waals surface area contributed by atoms with Gasteiger partial charge < -0.3 is 4.74 Å². The molecule has 1 aliphatic rings. The second-order valence-corrected chi connectivity index (χ2v) is 4.51. The number of rotatable bonds is 2. The summed E-state index contributed by atoms with van der Waals surface area (Å²) in [5.74, 6) is 1.28. The highest BCUT2D eigenvalue weighted by Crippen LogP contribution is 2.35. The third-order valence-electron chi connectivity index (χ3n) is 3.32. The van der Waals surface area contributed by atoms with Crippen molar-refractivity contribution in [2.75, 3.05) is 7.11 Å². The second kappa shape index (κ2) is 4.69. The van der Waals surface area contributed by atoms with Gasteiger partial charge in [0.15, 0.2) is 0 Å². The summed E-state index contributed by atoms with van der Waals surface area (Å²) in [6.45, 7) is 2.05. The van der Waals surface area contributed by atoms with Crippen LogP contribution in [0.4, 0.5) is 0 Å². The first-order valence-electron chi connectivity index (χ1n) is 5.89. The Bertz CT molecular complexity index is 396. The number of hydrogen-bond acceptors (Lipinski definition) is 2. The van der Waals surface area contributed by atoms with Crippen molar-refractivity contribution in [1.82, 2.24) is 0 Å². The van der Waals surface area contributed by atoms with E-state index in [0.717, 1.165) is 37.0 Å². The van der Waals surface area contributed by atoms with Crippen molar-refractivity contribution >= 4 is 5.78 Å². The minimum atomic E-state index is 0.0589. The Kier molecular flexibility index (Phi) is 3.28. The van der Waals surface area contributed by atoms with Gasteiger partial charge in [0.1, 0.15) is 11.5 Å². The Morgan fingerprint density at radius 1 is 1.31 bits per heavy atom. The van der Waals surface area contributed by atoms with Gasteiger partial charge in [-0.1, -0.05) is 24.1 Å². The molecule has 86 valence electrons. The molecule has 1 aromatic carbocycles. The lowest BCUT2D eigenvalue weighted by Gasteiger charge is -2.23. The zero-order valence-electron chi connectivity index (χ0n) is 9.95. The van der Waals surface area contributed by atoms with E-state index >= 15 is 0 Å². The van der Waals surface area contributed by atoms with Gasteiger partial charge >= 0.3 is 0 Å². The molecule has 1 unspecified atom stereocenters. The van der Waals surface area contributed by atoms with E-state index in [1.54, 1.807) is 7.11 Å². The van der Waals surface area contributed by atoms with Gasteiger partial charge in [-0.25, -0.2) is 0 Å². The Balaban J connectivity index is 2.36. The Labute approximate surface area is 96.6 Å². The first kappa shape index (κ1) is 11.2. The molecule has 0 amide bonds. The molecule has 0 radical (unpaired) electrons. The summed E-state index contributed by atoms with van der Waals surface area (Å²) in [6, 6.07) is 6.08. The molecular formula is C14H18O2. The fourth-order valence-corrected chi connectivity index (χ4v) is 2.44. The van der Waals surface area contributed by atoms with Gasteiger partial charge in [0.25, 0.3) is 0 Å². The predicted molar refractivity (Wildman–Crippen MR) is 63.9 cm³/mol. The highest BCUT2D eigenvalue weighted by atomic mass is 16.5. The van der Waals surface area contributed by atoms with Gasteiger partial charge in [0, 0.05) is 17.9 Å². The van der Waals surface area contributed by atoms with Gasteiger partial charge in [0.2, 0.25) is 0 Å². The summed E-state index contributed by atoms with van der Waals surface area (Å²) in [4.78, 5) is 11.9. The van der Waals surface area contributed by atoms with Gasteiger partial charge in [-0.2, -0.15) is 0 Å². The third kappa shape index (κ3) is 2.11. The number of ketones is 1. The average molecular weight is 218 g/mol. The van der Waals surface area contributed by atoms with E-state index in [0.29, 0.717) is 5.78 Å². The SMILES string of the molecule is COc1ccc(C)cc1C1CCCCC1=O. The van der Waals surface area contributed by atoms with E-state index in [2.05, 4.69) is 13.0 Å². The fraction of sp³-hybridized carbons (Fsp3) is 0.500. The van der Waals surface area contributed by atoms with E-state index in [-0.39, 0.29) is 5.92 Å². The van der Waals surface area contributed by atoms with Crippen LogP contribution in [0.5, 0.6) is 5.75 Å². The number of Topliss-reactive ketones (excluding diaryl/α,β-unsaturated/α-hetero) is 1. The van der Waals surface area contributed by atoms with E-state index in [4.69, 9.17) is 4.74 Å².